The van der Waals surface area contributed by atoms with Gasteiger partial charge in [-0.25, -0.2) is 8.42 Å². The first-order chi connectivity index (χ1) is 12.3. The average molecular weight is 378 g/mol. The second kappa shape index (κ2) is 8.09. The summed E-state index contributed by atoms with van der Waals surface area (Å²) in [5.74, 6) is 0.543. The molecule has 0 atom stereocenters. The Morgan fingerprint density at radius 3 is 2.12 bits per heavy atom. The fourth-order valence-electron chi connectivity index (χ4n) is 2.27. The first-order valence-electron chi connectivity index (χ1n) is 7.81. The lowest BCUT2D eigenvalue weighted by Crippen LogP contribution is -2.40. The highest BCUT2D eigenvalue weighted by Crippen LogP contribution is 2.32. The molecule has 0 fully saturated rings. The SMILES string of the molecule is COc1ccc(S(=O)(=O)N(CC(=O)N(C)C)c2ccccc2OC)cc1. The summed E-state index contributed by atoms with van der Waals surface area (Å²) in [6.45, 7) is -0.346. The van der Waals surface area contributed by atoms with Crippen LogP contribution in [0.3, 0.4) is 0 Å². The largest absolute Gasteiger partial charge is 0.497 e. The van der Waals surface area contributed by atoms with Crippen molar-refractivity contribution in [1.82, 2.24) is 4.90 Å². The van der Waals surface area contributed by atoms with Crippen LogP contribution in [0, 0.1) is 0 Å². The molecule has 0 saturated carbocycles. The number of hydrogen-bond acceptors (Lipinski definition) is 5. The third-order valence-electron chi connectivity index (χ3n) is 3.78. The molecule has 2 aromatic rings. The van der Waals surface area contributed by atoms with Crippen LogP contribution in [-0.4, -0.2) is 54.1 Å². The van der Waals surface area contributed by atoms with E-state index in [1.807, 2.05) is 0 Å². The van der Waals surface area contributed by atoms with E-state index in [9.17, 15) is 13.2 Å². The highest BCUT2D eigenvalue weighted by molar-refractivity contribution is 7.92. The number of likely N-dealkylation sites (N-methyl/N-ethyl adjacent to an activating group) is 1. The molecular weight excluding hydrogens is 356 g/mol. The average Bonchev–Trinajstić information content (AvgIpc) is 2.65. The number of hydrogen-bond donors (Lipinski definition) is 0. The Morgan fingerprint density at radius 1 is 0.962 bits per heavy atom. The summed E-state index contributed by atoms with van der Waals surface area (Å²) >= 11 is 0. The van der Waals surface area contributed by atoms with Crippen molar-refractivity contribution in [3.63, 3.8) is 0 Å². The number of para-hydroxylation sites is 2. The van der Waals surface area contributed by atoms with Gasteiger partial charge in [0.1, 0.15) is 18.0 Å². The van der Waals surface area contributed by atoms with Crippen molar-refractivity contribution in [3.05, 3.63) is 48.5 Å². The van der Waals surface area contributed by atoms with Gasteiger partial charge in [-0.1, -0.05) is 12.1 Å². The summed E-state index contributed by atoms with van der Waals surface area (Å²) < 4.78 is 37.8. The number of carbonyl (C=O) groups excluding carboxylic acids is 1. The van der Waals surface area contributed by atoms with Gasteiger partial charge in [0.25, 0.3) is 10.0 Å². The molecule has 0 bridgehead atoms. The predicted molar refractivity (Wildman–Crippen MR) is 99.2 cm³/mol. The van der Waals surface area contributed by atoms with Gasteiger partial charge in [-0.2, -0.15) is 0 Å². The van der Waals surface area contributed by atoms with Crippen molar-refractivity contribution in [1.29, 1.82) is 0 Å². The lowest BCUT2D eigenvalue weighted by atomic mass is 10.3. The number of sulfonamides is 1. The van der Waals surface area contributed by atoms with Gasteiger partial charge < -0.3 is 14.4 Å². The van der Waals surface area contributed by atoms with Gasteiger partial charge in [-0.3, -0.25) is 9.10 Å². The van der Waals surface area contributed by atoms with Crippen LogP contribution in [0.15, 0.2) is 53.4 Å². The molecule has 0 radical (unpaired) electrons. The van der Waals surface area contributed by atoms with E-state index in [0.717, 1.165) is 4.31 Å². The zero-order chi connectivity index (χ0) is 19.3. The highest BCUT2D eigenvalue weighted by Gasteiger charge is 2.29. The van der Waals surface area contributed by atoms with E-state index in [2.05, 4.69) is 0 Å². The quantitative estimate of drug-likeness (QED) is 0.736. The van der Waals surface area contributed by atoms with Crippen LogP contribution in [-0.2, 0) is 14.8 Å². The van der Waals surface area contributed by atoms with Crippen LogP contribution < -0.4 is 13.8 Å². The van der Waals surface area contributed by atoms with Gasteiger partial charge in [0.05, 0.1) is 24.8 Å². The first-order valence-corrected chi connectivity index (χ1v) is 9.25. The third kappa shape index (κ3) is 4.08. The minimum atomic E-state index is -3.99. The third-order valence-corrected chi connectivity index (χ3v) is 5.55. The maximum atomic E-state index is 13.2. The molecule has 8 heteroatoms. The fraction of sp³-hybridized carbons (Fsp3) is 0.278. The lowest BCUT2D eigenvalue weighted by molar-refractivity contribution is -0.127. The van der Waals surface area contributed by atoms with Gasteiger partial charge in [-0.15, -0.1) is 0 Å². The molecule has 2 aromatic carbocycles. The first kappa shape index (κ1) is 19.6. The van der Waals surface area contributed by atoms with E-state index >= 15 is 0 Å². The van der Waals surface area contributed by atoms with Crippen molar-refractivity contribution < 1.29 is 22.7 Å². The van der Waals surface area contributed by atoms with Crippen LogP contribution in [0.1, 0.15) is 0 Å². The summed E-state index contributed by atoms with van der Waals surface area (Å²) in [6.07, 6.45) is 0. The predicted octanol–water partition coefficient (Wildman–Crippen LogP) is 1.99. The van der Waals surface area contributed by atoms with Gasteiger partial charge in [-0.05, 0) is 36.4 Å². The monoisotopic (exact) mass is 378 g/mol. The molecule has 0 unspecified atom stereocenters. The number of benzene rings is 2. The molecule has 0 spiro atoms. The summed E-state index contributed by atoms with van der Waals surface area (Å²) in [4.78, 5) is 13.7. The molecule has 0 heterocycles. The molecule has 7 nitrogen and oxygen atoms in total. The Morgan fingerprint density at radius 2 is 1.58 bits per heavy atom. The van der Waals surface area contributed by atoms with Crippen LogP contribution in [0.5, 0.6) is 11.5 Å². The summed E-state index contributed by atoms with van der Waals surface area (Å²) in [5, 5.41) is 0. The Labute approximate surface area is 153 Å². The summed E-state index contributed by atoms with van der Waals surface area (Å²) in [5.41, 5.74) is 0.293. The lowest BCUT2D eigenvalue weighted by Gasteiger charge is -2.26. The van der Waals surface area contributed by atoms with E-state index in [1.165, 1.54) is 31.3 Å². The van der Waals surface area contributed by atoms with E-state index in [1.54, 1.807) is 50.5 Å². The molecule has 2 rings (SSSR count). The topological polar surface area (TPSA) is 76.2 Å². The van der Waals surface area contributed by atoms with Crippen molar-refractivity contribution in [3.8, 4) is 11.5 Å². The van der Waals surface area contributed by atoms with Crippen LogP contribution in [0.4, 0.5) is 5.69 Å². The molecule has 26 heavy (non-hydrogen) atoms. The molecule has 0 aliphatic heterocycles. The molecule has 0 N–H and O–H groups in total. The maximum Gasteiger partial charge on any atom is 0.264 e. The minimum Gasteiger partial charge on any atom is -0.497 e. The fourth-order valence-corrected chi connectivity index (χ4v) is 3.70. The van der Waals surface area contributed by atoms with Crippen molar-refractivity contribution in [2.45, 2.75) is 4.90 Å². The molecule has 1 amide bonds. The van der Waals surface area contributed by atoms with Crippen LogP contribution >= 0.6 is 0 Å². The summed E-state index contributed by atoms with van der Waals surface area (Å²) in [6, 6.07) is 12.7. The van der Waals surface area contributed by atoms with Gasteiger partial charge in [0, 0.05) is 14.1 Å². The minimum absolute atomic E-state index is 0.0516. The molecule has 140 valence electrons. The van der Waals surface area contributed by atoms with Gasteiger partial charge >= 0.3 is 0 Å². The number of carbonyl (C=O) groups is 1. The zero-order valence-corrected chi connectivity index (χ0v) is 16.0. The maximum absolute atomic E-state index is 13.2. The Balaban J connectivity index is 2.56. The second-order valence-corrected chi connectivity index (χ2v) is 7.51. The van der Waals surface area contributed by atoms with E-state index < -0.39 is 10.0 Å². The number of anilines is 1. The number of rotatable bonds is 7. The molecule has 0 aliphatic rings. The number of amides is 1. The van der Waals surface area contributed by atoms with Crippen LogP contribution in [0.25, 0.3) is 0 Å². The van der Waals surface area contributed by atoms with Crippen LogP contribution in [0.2, 0.25) is 0 Å². The highest BCUT2D eigenvalue weighted by atomic mass is 32.2. The standard InChI is InChI=1S/C18H22N2O5S/c1-19(2)18(21)13-20(16-7-5-6-8-17(16)25-4)26(22,23)15-11-9-14(24-3)10-12-15/h5-12H,13H2,1-4H3. The number of ether oxygens (including phenoxy) is 2. The van der Waals surface area contributed by atoms with Crippen molar-refractivity contribution in [2.75, 3.05) is 39.2 Å². The Bertz CT molecular complexity index is 863. The Hall–Kier alpha value is -2.74. The number of methoxy groups -OCH3 is 2. The second-order valence-electron chi connectivity index (χ2n) is 5.65. The van der Waals surface area contributed by atoms with Gasteiger partial charge in [0.2, 0.25) is 5.91 Å². The molecule has 0 aromatic heterocycles. The van der Waals surface area contributed by atoms with E-state index in [0.29, 0.717) is 17.2 Å². The molecular formula is C18H22N2O5S. The molecule has 0 aliphatic carbocycles. The van der Waals surface area contributed by atoms with E-state index in [4.69, 9.17) is 9.47 Å². The normalized spacial score (nSPS) is 10.9. The zero-order valence-electron chi connectivity index (χ0n) is 15.2. The summed E-state index contributed by atoms with van der Waals surface area (Å²) in [7, 11) is 2.10. The van der Waals surface area contributed by atoms with Gasteiger partial charge in [0.15, 0.2) is 0 Å². The van der Waals surface area contributed by atoms with E-state index in [-0.39, 0.29) is 17.3 Å². The van der Waals surface area contributed by atoms with Crippen molar-refractivity contribution >= 4 is 21.6 Å². The molecule has 0 saturated heterocycles. The smallest absolute Gasteiger partial charge is 0.264 e. The van der Waals surface area contributed by atoms with Crippen molar-refractivity contribution in [2.24, 2.45) is 0 Å². The number of nitrogens with zero attached hydrogens (tertiary/aromatic N) is 2. The Kier molecular flexibility index (Phi) is 6.10.